The van der Waals surface area contributed by atoms with Gasteiger partial charge in [0.25, 0.3) is 0 Å². The number of halogens is 1. The number of hydrogen-bond acceptors (Lipinski definition) is 6. The molecule has 2 heterocycles. The van der Waals surface area contributed by atoms with Crippen molar-refractivity contribution in [2.45, 2.75) is 12.1 Å². The lowest BCUT2D eigenvalue weighted by Gasteiger charge is -2.06. The van der Waals surface area contributed by atoms with Crippen molar-refractivity contribution < 1.29 is 9.32 Å². The van der Waals surface area contributed by atoms with Crippen LogP contribution in [-0.4, -0.2) is 31.6 Å². The lowest BCUT2D eigenvalue weighted by atomic mass is 10.3. The van der Waals surface area contributed by atoms with E-state index in [0.717, 1.165) is 5.69 Å². The number of hydrogen-bond donors (Lipinski definition) is 1. The maximum absolute atomic E-state index is 11.9. The third kappa shape index (κ3) is 3.91. The van der Waals surface area contributed by atoms with Gasteiger partial charge in [0, 0.05) is 11.1 Å². The molecule has 23 heavy (non-hydrogen) atoms. The van der Waals surface area contributed by atoms with Gasteiger partial charge in [0.1, 0.15) is 6.33 Å². The van der Waals surface area contributed by atoms with Crippen LogP contribution in [0.1, 0.15) is 5.69 Å². The van der Waals surface area contributed by atoms with Crippen molar-refractivity contribution in [2.75, 3.05) is 11.1 Å². The number of nitrogens with zero attached hydrogens (tertiary/aromatic N) is 4. The maximum Gasteiger partial charge on any atom is 0.237 e. The number of thioether (sulfide) groups is 1. The van der Waals surface area contributed by atoms with Gasteiger partial charge in [-0.15, -0.1) is 10.2 Å². The summed E-state index contributed by atoms with van der Waals surface area (Å²) in [6, 6.07) is 8.96. The smallest absolute Gasteiger partial charge is 0.237 e. The second kappa shape index (κ2) is 6.84. The summed E-state index contributed by atoms with van der Waals surface area (Å²) in [6.45, 7) is 1.78. The molecule has 0 saturated carbocycles. The SMILES string of the molecule is Cc1cc(NC(=O)CSc2nncn2-c2cccc(Cl)c2)on1. The molecule has 118 valence electrons. The van der Waals surface area contributed by atoms with Gasteiger partial charge in [0.2, 0.25) is 11.8 Å². The molecule has 7 nitrogen and oxygen atoms in total. The molecule has 3 aromatic rings. The molecule has 0 saturated heterocycles. The first-order chi connectivity index (χ1) is 11.1. The Labute approximate surface area is 141 Å². The number of carbonyl (C=O) groups excluding carboxylic acids is 1. The molecule has 0 unspecified atom stereocenters. The van der Waals surface area contributed by atoms with E-state index in [4.69, 9.17) is 16.1 Å². The van der Waals surface area contributed by atoms with E-state index in [0.29, 0.717) is 21.8 Å². The summed E-state index contributed by atoms with van der Waals surface area (Å²) in [5.74, 6) is 0.273. The monoisotopic (exact) mass is 349 g/mol. The summed E-state index contributed by atoms with van der Waals surface area (Å²) in [5, 5.41) is 15.4. The minimum absolute atomic E-state index is 0.166. The highest BCUT2D eigenvalue weighted by Crippen LogP contribution is 2.21. The Morgan fingerprint density at radius 1 is 1.43 bits per heavy atom. The van der Waals surface area contributed by atoms with Crippen molar-refractivity contribution in [2.24, 2.45) is 0 Å². The third-order valence-corrected chi connectivity index (χ3v) is 4.00. The number of anilines is 1. The van der Waals surface area contributed by atoms with Crippen molar-refractivity contribution in [3.63, 3.8) is 0 Å². The van der Waals surface area contributed by atoms with Gasteiger partial charge in [-0.3, -0.25) is 14.7 Å². The first kappa shape index (κ1) is 15.6. The van der Waals surface area contributed by atoms with Crippen LogP contribution in [0.5, 0.6) is 0 Å². The highest BCUT2D eigenvalue weighted by atomic mass is 35.5. The lowest BCUT2D eigenvalue weighted by Crippen LogP contribution is -2.14. The predicted molar refractivity (Wildman–Crippen MR) is 87.0 cm³/mol. The largest absolute Gasteiger partial charge is 0.338 e. The molecule has 0 bridgehead atoms. The summed E-state index contributed by atoms with van der Waals surface area (Å²) < 4.78 is 6.71. The Morgan fingerprint density at radius 2 is 2.30 bits per heavy atom. The predicted octanol–water partition coefficient (Wildman–Crippen LogP) is 2.95. The van der Waals surface area contributed by atoms with Gasteiger partial charge >= 0.3 is 0 Å². The topological polar surface area (TPSA) is 85.8 Å². The second-order valence-corrected chi connectivity index (χ2v) is 6.01. The first-order valence-electron chi connectivity index (χ1n) is 6.64. The molecule has 2 aromatic heterocycles. The average molecular weight is 350 g/mol. The van der Waals surface area contributed by atoms with Gasteiger partial charge in [-0.05, 0) is 25.1 Å². The molecule has 1 aromatic carbocycles. The number of amides is 1. The average Bonchev–Trinajstić information content (AvgIpc) is 3.14. The van der Waals surface area contributed by atoms with Crippen molar-refractivity contribution in [3.05, 3.63) is 47.4 Å². The first-order valence-corrected chi connectivity index (χ1v) is 8.00. The summed E-state index contributed by atoms with van der Waals surface area (Å²) in [6.07, 6.45) is 1.58. The van der Waals surface area contributed by atoms with Crippen LogP contribution >= 0.6 is 23.4 Å². The number of benzene rings is 1. The Kier molecular flexibility index (Phi) is 4.63. The molecule has 0 fully saturated rings. The Hall–Kier alpha value is -2.32. The number of nitrogens with one attached hydrogen (secondary N) is 1. The fourth-order valence-electron chi connectivity index (χ4n) is 1.85. The van der Waals surface area contributed by atoms with Gasteiger partial charge in [-0.25, -0.2) is 0 Å². The minimum Gasteiger partial charge on any atom is -0.338 e. The minimum atomic E-state index is -0.216. The van der Waals surface area contributed by atoms with E-state index < -0.39 is 0 Å². The van der Waals surface area contributed by atoms with Gasteiger partial charge in [0.15, 0.2) is 5.16 Å². The van der Waals surface area contributed by atoms with Crippen LogP contribution in [0.15, 0.2) is 46.3 Å². The summed E-state index contributed by atoms with van der Waals surface area (Å²) in [7, 11) is 0. The van der Waals surface area contributed by atoms with Crippen molar-refractivity contribution in [1.29, 1.82) is 0 Å². The van der Waals surface area contributed by atoms with Crippen LogP contribution in [0, 0.1) is 6.92 Å². The standard InChI is InChI=1S/C14H12ClN5O2S/c1-9-5-13(22-19-9)17-12(21)7-23-14-18-16-8-20(14)11-4-2-3-10(15)6-11/h2-6,8H,7H2,1H3,(H,17,21). The molecular formula is C14H12ClN5O2S. The quantitative estimate of drug-likeness (QED) is 0.713. The van der Waals surface area contributed by atoms with Crippen molar-refractivity contribution >= 4 is 35.2 Å². The lowest BCUT2D eigenvalue weighted by molar-refractivity contribution is -0.113. The zero-order chi connectivity index (χ0) is 16.2. The highest BCUT2D eigenvalue weighted by molar-refractivity contribution is 7.99. The van der Waals surface area contributed by atoms with E-state index in [1.807, 2.05) is 12.1 Å². The van der Waals surface area contributed by atoms with Crippen LogP contribution in [-0.2, 0) is 4.79 Å². The maximum atomic E-state index is 11.9. The molecule has 0 aliphatic carbocycles. The van der Waals surface area contributed by atoms with E-state index in [1.165, 1.54) is 11.8 Å². The van der Waals surface area contributed by atoms with Crippen LogP contribution in [0.4, 0.5) is 5.88 Å². The van der Waals surface area contributed by atoms with E-state index >= 15 is 0 Å². The third-order valence-electron chi connectivity index (χ3n) is 2.83. The molecule has 1 amide bonds. The Bertz CT molecular complexity index is 832. The van der Waals surface area contributed by atoms with Gasteiger partial charge in [-0.2, -0.15) is 0 Å². The number of aromatic nitrogens is 4. The van der Waals surface area contributed by atoms with Crippen molar-refractivity contribution in [3.8, 4) is 5.69 Å². The Balaban J connectivity index is 1.65. The van der Waals surface area contributed by atoms with Crippen LogP contribution in [0.3, 0.4) is 0 Å². The normalized spacial score (nSPS) is 10.7. The Morgan fingerprint density at radius 3 is 3.04 bits per heavy atom. The van der Waals surface area contributed by atoms with Gasteiger partial charge in [0.05, 0.1) is 17.1 Å². The molecule has 0 aliphatic rings. The van der Waals surface area contributed by atoms with E-state index in [-0.39, 0.29) is 11.7 Å². The zero-order valence-electron chi connectivity index (χ0n) is 12.1. The molecule has 3 rings (SSSR count). The molecule has 0 atom stereocenters. The van der Waals surface area contributed by atoms with Crippen LogP contribution < -0.4 is 5.32 Å². The van der Waals surface area contributed by atoms with Crippen LogP contribution in [0.2, 0.25) is 5.02 Å². The number of aryl methyl sites for hydroxylation is 1. The highest BCUT2D eigenvalue weighted by Gasteiger charge is 2.12. The fraction of sp³-hybridized carbons (Fsp3) is 0.143. The zero-order valence-corrected chi connectivity index (χ0v) is 13.6. The number of rotatable bonds is 5. The summed E-state index contributed by atoms with van der Waals surface area (Å²) in [5.41, 5.74) is 1.53. The second-order valence-electron chi connectivity index (χ2n) is 4.63. The van der Waals surface area contributed by atoms with Gasteiger partial charge < -0.3 is 4.52 Å². The van der Waals surface area contributed by atoms with Gasteiger partial charge in [-0.1, -0.05) is 34.6 Å². The van der Waals surface area contributed by atoms with E-state index in [9.17, 15) is 4.79 Å². The van der Waals surface area contributed by atoms with E-state index in [2.05, 4.69) is 20.7 Å². The molecular weight excluding hydrogens is 338 g/mol. The molecule has 0 aliphatic heterocycles. The summed E-state index contributed by atoms with van der Waals surface area (Å²) >= 11 is 7.25. The molecule has 0 spiro atoms. The molecule has 9 heteroatoms. The molecule has 1 N–H and O–H groups in total. The van der Waals surface area contributed by atoms with Crippen LogP contribution in [0.25, 0.3) is 5.69 Å². The fourth-order valence-corrected chi connectivity index (χ4v) is 2.77. The summed E-state index contributed by atoms with van der Waals surface area (Å²) in [4.78, 5) is 11.9. The van der Waals surface area contributed by atoms with E-state index in [1.54, 1.807) is 36.0 Å². The molecule has 0 radical (unpaired) electrons. The van der Waals surface area contributed by atoms with Crippen molar-refractivity contribution in [1.82, 2.24) is 19.9 Å². The number of carbonyl (C=O) groups is 1.